The lowest BCUT2D eigenvalue weighted by Crippen LogP contribution is -2.61. The van der Waals surface area contributed by atoms with E-state index in [4.69, 9.17) is 14.2 Å². The average Bonchev–Trinajstić information content (AvgIpc) is 3.81. The normalized spacial score (nSPS) is 31.1. The summed E-state index contributed by atoms with van der Waals surface area (Å²) in [6.07, 6.45) is 4.89. The van der Waals surface area contributed by atoms with E-state index in [-0.39, 0.29) is 36.0 Å². The van der Waals surface area contributed by atoms with Gasteiger partial charge in [0, 0.05) is 32.9 Å². The van der Waals surface area contributed by atoms with Gasteiger partial charge in [-0.3, -0.25) is 14.4 Å². The van der Waals surface area contributed by atoms with Crippen molar-refractivity contribution < 1.29 is 43.6 Å². The van der Waals surface area contributed by atoms with E-state index in [1.54, 1.807) is 33.2 Å². The molecule has 13 heteroatoms. The molecule has 2 aromatic rings. The number of benzene rings is 2. The first kappa shape index (κ1) is 43.7. The number of aliphatic hydroxyl groups is 1. The van der Waals surface area contributed by atoms with Gasteiger partial charge in [-0.1, -0.05) is 81.8 Å². The number of amides is 3. The zero-order chi connectivity index (χ0) is 40.8. The minimum atomic E-state index is -1.80. The molecule has 0 aliphatic carbocycles. The number of phenolic OH excluding ortho intramolecular Hbond substituents is 1. The number of halogens is 1. The van der Waals surface area contributed by atoms with Crippen LogP contribution in [0.4, 0.5) is 0 Å². The molecule has 1 fully saturated rings. The number of hydrogen-bond acceptors (Lipinski definition) is 9. The Labute approximate surface area is 332 Å². The van der Waals surface area contributed by atoms with Crippen molar-refractivity contribution in [2.45, 2.75) is 115 Å². The number of aromatic hydroxyl groups is 1. The molecular weight excluding hydrogens is 770 g/mol. The molecule has 2 aliphatic rings. The average molecular weight is 827 g/mol. The molecule has 12 nitrogen and oxygen atoms in total. The Kier molecular flexibility index (Phi) is 14.5. The second-order valence-corrected chi connectivity index (χ2v) is 16.3. The molecule has 0 unspecified atom stereocenters. The number of phenols is 1. The van der Waals surface area contributed by atoms with E-state index in [1.165, 1.54) is 24.8 Å². The number of ether oxygens (including phenoxy) is 3. The van der Waals surface area contributed by atoms with Crippen LogP contribution in [0.2, 0.25) is 0 Å². The number of cyclic esters (lactones) is 1. The summed E-state index contributed by atoms with van der Waals surface area (Å²) < 4.78 is 18.4. The maximum absolute atomic E-state index is 14.3. The van der Waals surface area contributed by atoms with Crippen LogP contribution >= 0.6 is 15.9 Å². The maximum Gasteiger partial charge on any atom is 0.332 e. The zero-order valence-corrected chi connectivity index (χ0v) is 34.8. The molecular formula is C42H56BrN3O9. The van der Waals surface area contributed by atoms with Crippen LogP contribution in [0.5, 0.6) is 5.75 Å². The molecule has 9 atom stereocenters. The number of fused-ring (bicyclic) bond motifs is 1. The Hall–Kier alpha value is -4.04. The van der Waals surface area contributed by atoms with Crippen molar-refractivity contribution in [3.63, 3.8) is 0 Å². The van der Waals surface area contributed by atoms with Crippen LogP contribution in [0.3, 0.4) is 0 Å². The topological polar surface area (TPSA) is 167 Å². The van der Waals surface area contributed by atoms with Gasteiger partial charge in [-0.15, -0.1) is 0 Å². The van der Waals surface area contributed by atoms with Crippen LogP contribution in [0.1, 0.15) is 78.5 Å². The van der Waals surface area contributed by atoms with Gasteiger partial charge in [0.25, 0.3) is 5.91 Å². The van der Waals surface area contributed by atoms with Crippen LogP contribution in [0.25, 0.3) is 0 Å². The van der Waals surface area contributed by atoms with Crippen LogP contribution in [0, 0.1) is 11.8 Å². The first-order valence-corrected chi connectivity index (χ1v) is 19.5. The molecule has 0 aromatic heterocycles. The van der Waals surface area contributed by atoms with E-state index >= 15 is 0 Å². The van der Waals surface area contributed by atoms with Gasteiger partial charge in [0.15, 0.2) is 11.6 Å². The fraction of sp³-hybridized carbons (Fsp3) is 0.524. The third-order valence-corrected chi connectivity index (χ3v) is 11.3. The SMILES string of the molecule is CC[C@H](C)[C@H]1C(=O)N[C@H](Cc2ccc(O)c(Br)c2)C(=O)N[C@@H](C(C)(C)O)C(=O)O[C@H](c2ccccc2)[C@H](C)/C=C/C=C(\C)[C@H](OC)C[C@H]2O[C@]2(C)C(=O)N1C. The molecule has 4 rings (SSSR count). The molecule has 300 valence electrons. The van der Waals surface area contributed by atoms with Crippen molar-refractivity contribution in [2.75, 3.05) is 14.2 Å². The van der Waals surface area contributed by atoms with E-state index in [9.17, 15) is 29.4 Å². The largest absolute Gasteiger partial charge is 0.507 e. The molecule has 4 N–H and O–H groups in total. The first-order valence-electron chi connectivity index (χ1n) is 18.7. The molecule has 1 saturated heterocycles. The van der Waals surface area contributed by atoms with E-state index < -0.39 is 59.3 Å². The Balaban J connectivity index is 1.82. The molecule has 55 heavy (non-hydrogen) atoms. The van der Waals surface area contributed by atoms with Gasteiger partial charge in [0.2, 0.25) is 11.8 Å². The van der Waals surface area contributed by atoms with Crippen LogP contribution < -0.4 is 10.6 Å². The number of nitrogens with zero attached hydrogens (tertiary/aromatic N) is 1. The number of methoxy groups -OCH3 is 1. The summed E-state index contributed by atoms with van der Waals surface area (Å²) in [6.45, 7) is 12.1. The third-order valence-electron chi connectivity index (χ3n) is 10.7. The lowest BCUT2D eigenvalue weighted by Gasteiger charge is -2.35. The van der Waals surface area contributed by atoms with Crippen molar-refractivity contribution in [1.82, 2.24) is 15.5 Å². The number of likely N-dealkylation sites (N-methyl/N-ethyl adjacent to an activating group) is 1. The van der Waals surface area contributed by atoms with Gasteiger partial charge in [-0.05, 0) is 78.4 Å². The number of rotatable bonds is 7. The summed E-state index contributed by atoms with van der Waals surface area (Å²) in [5.41, 5.74) is -0.824. The van der Waals surface area contributed by atoms with E-state index in [1.807, 2.05) is 76.3 Å². The summed E-state index contributed by atoms with van der Waals surface area (Å²) in [5, 5.41) is 27.0. The molecule has 0 bridgehead atoms. The second kappa shape index (κ2) is 18.3. The van der Waals surface area contributed by atoms with Crippen molar-refractivity contribution in [3.05, 3.63) is 87.9 Å². The fourth-order valence-corrected chi connectivity index (χ4v) is 7.38. The fourth-order valence-electron chi connectivity index (χ4n) is 6.95. The predicted molar refractivity (Wildman–Crippen MR) is 212 cm³/mol. The Morgan fingerprint density at radius 1 is 1.09 bits per heavy atom. The highest BCUT2D eigenvalue weighted by molar-refractivity contribution is 9.10. The summed E-state index contributed by atoms with van der Waals surface area (Å²) in [6, 6.07) is 10.0. The van der Waals surface area contributed by atoms with Crippen molar-refractivity contribution in [1.29, 1.82) is 0 Å². The molecule has 2 aromatic carbocycles. The summed E-state index contributed by atoms with van der Waals surface area (Å²) in [7, 11) is 3.15. The lowest BCUT2D eigenvalue weighted by molar-refractivity contribution is -0.162. The van der Waals surface area contributed by atoms with E-state index in [0.29, 0.717) is 28.4 Å². The monoisotopic (exact) mass is 825 g/mol. The standard InChI is InChI=1S/C42H56BrN3O9/c1-10-24(2)34-38(49)44-30(22-27-19-20-31(47)29(43)21-27)37(48)45-36(41(5,6)52)39(50)54-35(28-17-12-11-13-18-28)26(4)16-14-15-25(3)32(53-9)23-33-42(7,55-33)40(51)46(34)8/h11-21,24,26,30,32-36,47,52H,10,22-23H2,1-9H3,(H,44,49)(H,45,48)/b16-14+,25-15+/t24-,26+,30+,32+,33+,34-,35-,36+,42-/m0/s1. The van der Waals surface area contributed by atoms with Crippen LogP contribution in [-0.2, 0) is 39.8 Å². The highest BCUT2D eigenvalue weighted by Crippen LogP contribution is 2.42. The molecule has 0 spiro atoms. The Morgan fingerprint density at radius 2 is 1.76 bits per heavy atom. The molecule has 2 heterocycles. The smallest absolute Gasteiger partial charge is 0.332 e. The number of epoxide rings is 1. The number of allylic oxidation sites excluding steroid dienone is 2. The number of nitrogens with one attached hydrogen (secondary N) is 2. The maximum atomic E-state index is 14.3. The number of carbonyl (C=O) groups is 4. The number of hydrogen-bond donors (Lipinski definition) is 4. The van der Waals surface area contributed by atoms with Crippen molar-refractivity contribution in [2.24, 2.45) is 11.8 Å². The van der Waals surface area contributed by atoms with Crippen molar-refractivity contribution in [3.8, 4) is 5.75 Å². The quantitative estimate of drug-likeness (QED) is 0.214. The molecule has 3 amide bonds. The zero-order valence-electron chi connectivity index (χ0n) is 33.2. The van der Waals surface area contributed by atoms with Crippen LogP contribution in [0.15, 0.2) is 76.8 Å². The van der Waals surface area contributed by atoms with E-state index in [0.717, 1.165) is 5.57 Å². The molecule has 0 radical (unpaired) electrons. The Bertz CT molecular complexity index is 1760. The van der Waals surface area contributed by atoms with Gasteiger partial charge in [0.1, 0.15) is 23.9 Å². The highest BCUT2D eigenvalue weighted by atomic mass is 79.9. The molecule has 0 saturated carbocycles. The van der Waals surface area contributed by atoms with Gasteiger partial charge in [-0.25, -0.2) is 4.79 Å². The third kappa shape index (κ3) is 10.6. The summed E-state index contributed by atoms with van der Waals surface area (Å²) in [4.78, 5) is 58.3. The molecule has 2 aliphatic heterocycles. The van der Waals surface area contributed by atoms with Gasteiger partial charge < -0.3 is 40.0 Å². The number of carbonyl (C=O) groups excluding carboxylic acids is 4. The predicted octanol–water partition coefficient (Wildman–Crippen LogP) is 5.31. The van der Waals surface area contributed by atoms with Gasteiger partial charge >= 0.3 is 5.97 Å². The van der Waals surface area contributed by atoms with Crippen LogP contribution in [-0.4, -0.2) is 94.5 Å². The lowest BCUT2D eigenvalue weighted by atomic mass is 9.93. The van der Waals surface area contributed by atoms with E-state index in [2.05, 4.69) is 26.6 Å². The number of esters is 1. The first-order chi connectivity index (χ1) is 25.8. The minimum Gasteiger partial charge on any atom is -0.507 e. The Morgan fingerprint density at radius 3 is 2.36 bits per heavy atom. The van der Waals surface area contributed by atoms with Gasteiger partial charge in [0.05, 0.1) is 22.3 Å². The highest BCUT2D eigenvalue weighted by Gasteiger charge is 2.61. The summed E-state index contributed by atoms with van der Waals surface area (Å²) in [5.74, 6) is -3.31. The van der Waals surface area contributed by atoms with Gasteiger partial charge in [-0.2, -0.15) is 0 Å². The minimum absolute atomic E-state index is 0.0140. The summed E-state index contributed by atoms with van der Waals surface area (Å²) >= 11 is 3.31. The van der Waals surface area contributed by atoms with Crippen molar-refractivity contribution >= 4 is 39.6 Å². The second-order valence-electron chi connectivity index (χ2n) is 15.5.